The van der Waals surface area contributed by atoms with Gasteiger partial charge in [0.05, 0.1) is 12.1 Å². The molecule has 1 aliphatic heterocycles. The van der Waals surface area contributed by atoms with Crippen molar-refractivity contribution < 1.29 is 14.2 Å². The number of anilines is 1. The van der Waals surface area contributed by atoms with Crippen molar-refractivity contribution in [3.05, 3.63) is 18.5 Å². The first kappa shape index (κ1) is 16.7. The van der Waals surface area contributed by atoms with E-state index in [1.54, 1.807) is 7.11 Å². The highest BCUT2D eigenvalue weighted by Gasteiger charge is 2.20. The van der Waals surface area contributed by atoms with Gasteiger partial charge in [0.1, 0.15) is 24.9 Å². The molecule has 1 fully saturated rings. The van der Waals surface area contributed by atoms with Gasteiger partial charge < -0.3 is 24.8 Å². The summed E-state index contributed by atoms with van der Waals surface area (Å²) in [5.74, 6) is 1.79. The number of likely N-dealkylation sites (tertiary alicyclic amines) is 1. The summed E-state index contributed by atoms with van der Waals surface area (Å²) >= 11 is 0. The van der Waals surface area contributed by atoms with E-state index in [4.69, 9.17) is 19.9 Å². The average molecular weight is 332 g/mol. The number of hydrogen-bond acceptors (Lipinski definition) is 7. The van der Waals surface area contributed by atoms with E-state index in [-0.39, 0.29) is 6.10 Å². The van der Waals surface area contributed by atoms with Crippen LogP contribution in [0.2, 0.25) is 0 Å². The Bertz CT molecular complexity index is 687. The molecule has 130 valence electrons. The number of fused-ring (bicyclic) bond motifs is 1. The summed E-state index contributed by atoms with van der Waals surface area (Å²) in [6.45, 7) is 3.02. The van der Waals surface area contributed by atoms with Crippen LogP contribution in [0.25, 0.3) is 10.9 Å². The molecular formula is C17H24N4O3. The number of aromatic nitrogens is 2. The van der Waals surface area contributed by atoms with Crippen molar-refractivity contribution in [3.8, 4) is 11.5 Å². The SMILES string of the molecule is COCCOc1cc2ncnc(N)c2cc1OC1CCN(C)CC1. The number of nitrogen functional groups attached to an aromatic ring is 1. The van der Waals surface area contributed by atoms with Gasteiger partial charge in [0.2, 0.25) is 0 Å². The minimum Gasteiger partial charge on any atom is -0.487 e. The zero-order valence-corrected chi connectivity index (χ0v) is 14.2. The molecule has 0 saturated carbocycles. The maximum absolute atomic E-state index is 6.22. The number of rotatable bonds is 6. The fourth-order valence-electron chi connectivity index (χ4n) is 2.81. The largest absolute Gasteiger partial charge is 0.487 e. The molecule has 2 N–H and O–H groups in total. The number of nitrogens with zero attached hydrogens (tertiary/aromatic N) is 3. The molecule has 7 heteroatoms. The molecule has 0 radical (unpaired) electrons. The van der Waals surface area contributed by atoms with Gasteiger partial charge in [-0.3, -0.25) is 0 Å². The Kier molecular flexibility index (Phi) is 5.32. The van der Waals surface area contributed by atoms with E-state index in [0.29, 0.717) is 30.5 Å². The number of methoxy groups -OCH3 is 1. The molecule has 0 spiro atoms. The summed E-state index contributed by atoms with van der Waals surface area (Å²) in [6, 6.07) is 3.73. The van der Waals surface area contributed by atoms with E-state index >= 15 is 0 Å². The molecule has 0 atom stereocenters. The summed E-state index contributed by atoms with van der Waals surface area (Å²) in [5.41, 5.74) is 6.72. The van der Waals surface area contributed by atoms with Crippen molar-refractivity contribution in [3.63, 3.8) is 0 Å². The van der Waals surface area contributed by atoms with E-state index in [0.717, 1.165) is 36.8 Å². The third-order valence-corrected chi connectivity index (χ3v) is 4.24. The monoisotopic (exact) mass is 332 g/mol. The van der Waals surface area contributed by atoms with Gasteiger partial charge in [-0.15, -0.1) is 0 Å². The molecule has 2 heterocycles. The van der Waals surface area contributed by atoms with E-state index < -0.39 is 0 Å². The maximum Gasteiger partial charge on any atom is 0.163 e. The van der Waals surface area contributed by atoms with Crippen molar-refractivity contribution in [2.45, 2.75) is 18.9 Å². The molecule has 3 rings (SSSR count). The van der Waals surface area contributed by atoms with E-state index in [1.165, 1.54) is 6.33 Å². The molecule has 0 amide bonds. The van der Waals surface area contributed by atoms with Gasteiger partial charge in [0.25, 0.3) is 0 Å². The van der Waals surface area contributed by atoms with Crippen LogP contribution in [0.1, 0.15) is 12.8 Å². The van der Waals surface area contributed by atoms with Gasteiger partial charge in [-0.1, -0.05) is 0 Å². The zero-order chi connectivity index (χ0) is 16.9. The van der Waals surface area contributed by atoms with Crippen LogP contribution >= 0.6 is 0 Å². The van der Waals surface area contributed by atoms with Gasteiger partial charge in [0.15, 0.2) is 11.5 Å². The predicted molar refractivity (Wildman–Crippen MR) is 92.5 cm³/mol. The van der Waals surface area contributed by atoms with Crippen LogP contribution in [-0.4, -0.2) is 61.4 Å². The van der Waals surface area contributed by atoms with Crippen LogP contribution in [0.3, 0.4) is 0 Å². The van der Waals surface area contributed by atoms with Crippen molar-refractivity contribution in [1.29, 1.82) is 0 Å². The van der Waals surface area contributed by atoms with Crippen LogP contribution in [-0.2, 0) is 4.74 Å². The lowest BCUT2D eigenvalue weighted by Crippen LogP contribution is -2.35. The summed E-state index contributed by atoms with van der Waals surface area (Å²) in [4.78, 5) is 10.6. The lowest BCUT2D eigenvalue weighted by molar-refractivity contribution is 0.105. The van der Waals surface area contributed by atoms with E-state index in [2.05, 4.69) is 21.9 Å². The molecule has 0 unspecified atom stereocenters. The van der Waals surface area contributed by atoms with Gasteiger partial charge in [-0.25, -0.2) is 9.97 Å². The molecular weight excluding hydrogens is 308 g/mol. The molecule has 7 nitrogen and oxygen atoms in total. The lowest BCUT2D eigenvalue weighted by Gasteiger charge is -2.29. The summed E-state index contributed by atoms with van der Waals surface area (Å²) in [7, 11) is 3.77. The molecule has 1 aliphatic rings. The first-order valence-corrected chi connectivity index (χ1v) is 8.18. The topological polar surface area (TPSA) is 82.7 Å². The van der Waals surface area contributed by atoms with Crippen molar-refractivity contribution in [1.82, 2.24) is 14.9 Å². The minimum absolute atomic E-state index is 0.175. The van der Waals surface area contributed by atoms with E-state index in [1.807, 2.05) is 12.1 Å². The zero-order valence-electron chi connectivity index (χ0n) is 14.2. The summed E-state index contributed by atoms with van der Waals surface area (Å²) in [5, 5.41) is 0.777. The molecule has 0 bridgehead atoms. The van der Waals surface area contributed by atoms with Gasteiger partial charge in [-0.2, -0.15) is 0 Å². The highest BCUT2D eigenvalue weighted by molar-refractivity contribution is 5.90. The second-order valence-electron chi connectivity index (χ2n) is 6.04. The summed E-state index contributed by atoms with van der Waals surface area (Å²) < 4.78 is 17.1. The fourth-order valence-corrected chi connectivity index (χ4v) is 2.81. The highest BCUT2D eigenvalue weighted by atomic mass is 16.5. The fraction of sp³-hybridized carbons (Fsp3) is 0.529. The van der Waals surface area contributed by atoms with Crippen molar-refractivity contribution in [2.24, 2.45) is 0 Å². The van der Waals surface area contributed by atoms with E-state index in [9.17, 15) is 0 Å². The molecule has 1 aromatic carbocycles. The normalized spacial score (nSPS) is 16.4. The smallest absolute Gasteiger partial charge is 0.163 e. The summed E-state index contributed by atoms with van der Waals surface area (Å²) in [6.07, 6.45) is 3.61. The van der Waals surface area contributed by atoms with Crippen LogP contribution in [0.5, 0.6) is 11.5 Å². The van der Waals surface area contributed by atoms with Crippen LogP contribution < -0.4 is 15.2 Å². The number of hydrogen-bond donors (Lipinski definition) is 1. The number of nitrogens with two attached hydrogens (primary N) is 1. The van der Waals surface area contributed by atoms with Crippen LogP contribution in [0.15, 0.2) is 18.5 Å². The Balaban J connectivity index is 1.87. The first-order valence-electron chi connectivity index (χ1n) is 8.18. The second kappa shape index (κ2) is 7.63. The number of piperidine rings is 1. The lowest BCUT2D eigenvalue weighted by atomic mass is 10.1. The predicted octanol–water partition coefficient (Wildman–Crippen LogP) is 1.71. The average Bonchev–Trinajstić information content (AvgIpc) is 2.58. The van der Waals surface area contributed by atoms with Crippen molar-refractivity contribution >= 4 is 16.7 Å². The van der Waals surface area contributed by atoms with Crippen LogP contribution in [0.4, 0.5) is 5.82 Å². The van der Waals surface area contributed by atoms with Gasteiger partial charge in [0, 0.05) is 31.7 Å². The molecule has 24 heavy (non-hydrogen) atoms. The Labute approximate surface area is 141 Å². The molecule has 2 aromatic rings. The number of ether oxygens (including phenoxy) is 3. The Morgan fingerprint density at radius 1 is 1.17 bits per heavy atom. The molecule has 1 aromatic heterocycles. The standard InChI is InChI=1S/C17H24N4O3/c1-21-5-3-12(4-6-21)24-16-9-13-14(19-11-20-17(13)18)10-15(16)23-8-7-22-2/h9-12H,3-8H2,1-2H3,(H2,18,19,20). The number of benzene rings is 1. The molecule has 1 saturated heterocycles. The highest BCUT2D eigenvalue weighted by Crippen LogP contribution is 2.35. The quantitative estimate of drug-likeness (QED) is 0.806. The van der Waals surface area contributed by atoms with Gasteiger partial charge in [-0.05, 0) is 26.0 Å². The maximum atomic E-state index is 6.22. The third kappa shape index (κ3) is 3.85. The third-order valence-electron chi connectivity index (χ3n) is 4.24. The van der Waals surface area contributed by atoms with Crippen molar-refractivity contribution in [2.75, 3.05) is 46.2 Å². The Hall–Kier alpha value is -2.12. The van der Waals surface area contributed by atoms with Crippen LogP contribution in [0, 0.1) is 0 Å². The Morgan fingerprint density at radius 2 is 1.96 bits per heavy atom. The van der Waals surface area contributed by atoms with Gasteiger partial charge >= 0.3 is 0 Å². The molecule has 0 aliphatic carbocycles. The first-order chi connectivity index (χ1) is 11.7. The second-order valence-corrected chi connectivity index (χ2v) is 6.04. The minimum atomic E-state index is 0.175. The Morgan fingerprint density at radius 3 is 2.71 bits per heavy atom.